The lowest BCUT2D eigenvalue weighted by molar-refractivity contribution is 0.0970. The Morgan fingerprint density at radius 1 is 0.971 bits per heavy atom. The number of fused-ring (bicyclic) bond motifs is 2. The lowest BCUT2D eigenvalue weighted by atomic mass is 9.97. The normalized spacial score (nSPS) is 14.8. The van der Waals surface area contributed by atoms with Gasteiger partial charge in [-0.3, -0.25) is 14.5 Å². The van der Waals surface area contributed by atoms with Crippen LogP contribution in [0.2, 0.25) is 0 Å². The van der Waals surface area contributed by atoms with Crippen molar-refractivity contribution in [2.75, 3.05) is 26.2 Å². The average molecular weight is 476 g/mol. The zero-order valence-corrected chi connectivity index (χ0v) is 19.4. The van der Waals surface area contributed by atoms with Crippen molar-refractivity contribution in [1.29, 1.82) is 0 Å². The highest BCUT2D eigenvalue weighted by Gasteiger charge is 2.45. The van der Waals surface area contributed by atoms with Gasteiger partial charge in [0.2, 0.25) is 11.5 Å². The molecule has 5 rings (SSSR count). The SMILES string of the molecule is COc1cc([C@@H]2c3c(oc4ccc(F)cc4c3=O)C(=O)N2c2cccc(C)n2)cc(OC)c1OC. The number of amides is 1. The lowest BCUT2D eigenvalue weighted by Crippen LogP contribution is -2.30. The van der Waals surface area contributed by atoms with E-state index in [-0.39, 0.29) is 22.3 Å². The largest absolute Gasteiger partial charge is 0.493 e. The molecule has 1 aliphatic rings. The highest BCUT2D eigenvalue weighted by Crippen LogP contribution is 2.46. The topological polar surface area (TPSA) is 91.1 Å². The first-order valence-electron chi connectivity index (χ1n) is 10.7. The summed E-state index contributed by atoms with van der Waals surface area (Å²) in [7, 11) is 4.42. The monoisotopic (exact) mass is 476 g/mol. The van der Waals surface area contributed by atoms with E-state index in [1.807, 2.05) is 0 Å². The third-order valence-corrected chi connectivity index (χ3v) is 5.96. The Hall–Kier alpha value is -4.40. The number of benzene rings is 2. The minimum Gasteiger partial charge on any atom is -0.493 e. The molecule has 4 aromatic rings. The van der Waals surface area contributed by atoms with Gasteiger partial charge in [0.15, 0.2) is 16.9 Å². The van der Waals surface area contributed by atoms with Crippen LogP contribution in [0.5, 0.6) is 17.2 Å². The maximum absolute atomic E-state index is 14.0. The Balaban J connectivity index is 1.85. The van der Waals surface area contributed by atoms with Gasteiger partial charge in [0, 0.05) is 5.69 Å². The molecule has 35 heavy (non-hydrogen) atoms. The third kappa shape index (κ3) is 3.47. The number of hydrogen-bond donors (Lipinski definition) is 0. The summed E-state index contributed by atoms with van der Waals surface area (Å²) in [5.41, 5.74) is 0.860. The van der Waals surface area contributed by atoms with Crippen molar-refractivity contribution in [1.82, 2.24) is 4.98 Å². The van der Waals surface area contributed by atoms with Crippen LogP contribution >= 0.6 is 0 Å². The van der Waals surface area contributed by atoms with Gasteiger partial charge in [0.05, 0.1) is 38.3 Å². The lowest BCUT2D eigenvalue weighted by Gasteiger charge is -2.25. The highest BCUT2D eigenvalue weighted by molar-refractivity contribution is 6.10. The second-order valence-corrected chi connectivity index (χ2v) is 7.99. The van der Waals surface area contributed by atoms with E-state index in [0.29, 0.717) is 34.3 Å². The molecule has 0 N–H and O–H groups in total. The van der Waals surface area contributed by atoms with Crippen molar-refractivity contribution in [2.24, 2.45) is 0 Å². The van der Waals surface area contributed by atoms with Crippen LogP contribution in [0.25, 0.3) is 11.0 Å². The number of methoxy groups -OCH3 is 3. The van der Waals surface area contributed by atoms with Crippen molar-refractivity contribution < 1.29 is 27.8 Å². The third-order valence-electron chi connectivity index (χ3n) is 5.96. The molecule has 0 unspecified atom stereocenters. The molecule has 0 saturated carbocycles. The number of nitrogens with zero attached hydrogens (tertiary/aromatic N) is 2. The summed E-state index contributed by atoms with van der Waals surface area (Å²) >= 11 is 0. The zero-order valence-electron chi connectivity index (χ0n) is 19.4. The van der Waals surface area contributed by atoms with Gasteiger partial charge in [-0.1, -0.05) is 6.07 Å². The summed E-state index contributed by atoms with van der Waals surface area (Å²) in [6.07, 6.45) is 0. The molecule has 0 spiro atoms. The summed E-state index contributed by atoms with van der Waals surface area (Å²) in [5.74, 6) is 0.116. The quantitative estimate of drug-likeness (QED) is 0.421. The molecule has 9 heteroatoms. The Labute approximate surface area is 199 Å². The molecule has 0 aliphatic carbocycles. The molecule has 178 valence electrons. The molecule has 0 bridgehead atoms. The van der Waals surface area contributed by atoms with Gasteiger partial charge in [-0.05, 0) is 55.0 Å². The second-order valence-electron chi connectivity index (χ2n) is 7.99. The van der Waals surface area contributed by atoms with Crippen molar-refractivity contribution in [2.45, 2.75) is 13.0 Å². The molecule has 8 nitrogen and oxygen atoms in total. The van der Waals surface area contributed by atoms with E-state index in [4.69, 9.17) is 18.6 Å². The van der Waals surface area contributed by atoms with Crippen LogP contribution in [-0.4, -0.2) is 32.2 Å². The fraction of sp³-hybridized carbons (Fsp3) is 0.192. The predicted octanol–water partition coefficient (Wildman–Crippen LogP) is 4.41. The van der Waals surface area contributed by atoms with E-state index in [9.17, 15) is 14.0 Å². The fourth-order valence-electron chi connectivity index (χ4n) is 4.42. The number of halogens is 1. The van der Waals surface area contributed by atoms with Crippen LogP contribution < -0.4 is 24.5 Å². The van der Waals surface area contributed by atoms with Gasteiger partial charge in [0.1, 0.15) is 17.2 Å². The Kier molecular flexibility index (Phi) is 5.39. The number of aromatic nitrogens is 1. The van der Waals surface area contributed by atoms with Gasteiger partial charge in [-0.25, -0.2) is 9.37 Å². The number of aryl methyl sites for hydroxylation is 1. The highest BCUT2D eigenvalue weighted by atomic mass is 19.1. The molecule has 1 aliphatic heterocycles. The molecule has 2 aromatic heterocycles. The molecule has 2 aromatic carbocycles. The molecule has 0 radical (unpaired) electrons. The van der Waals surface area contributed by atoms with Crippen LogP contribution in [0, 0.1) is 12.7 Å². The Morgan fingerprint density at radius 2 is 1.69 bits per heavy atom. The number of hydrogen-bond acceptors (Lipinski definition) is 7. The second kappa shape index (κ2) is 8.43. The minimum atomic E-state index is -0.940. The molecular weight excluding hydrogens is 455 g/mol. The Bertz CT molecular complexity index is 1520. The molecule has 1 atom stereocenters. The number of ether oxygens (including phenoxy) is 3. The number of pyridine rings is 1. The summed E-state index contributed by atoms with van der Waals surface area (Å²) in [6.45, 7) is 1.80. The van der Waals surface area contributed by atoms with E-state index < -0.39 is 23.2 Å². The molecular formula is C26H21FN2O6. The van der Waals surface area contributed by atoms with Gasteiger partial charge < -0.3 is 18.6 Å². The number of rotatable bonds is 5. The van der Waals surface area contributed by atoms with Crippen LogP contribution in [0.1, 0.15) is 33.4 Å². The van der Waals surface area contributed by atoms with E-state index in [1.165, 1.54) is 38.4 Å². The smallest absolute Gasteiger partial charge is 0.296 e. The molecule has 1 amide bonds. The first-order chi connectivity index (χ1) is 16.9. The van der Waals surface area contributed by atoms with Gasteiger partial charge >= 0.3 is 0 Å². The van der Waals surface area contributed by atoms with Crippen molar-refractivity contribution in [3.8, 4) is 17.2 Å². The minimum absolute atomic E-state index is 0.0352. The maximum Gasteiger partial charge on any atom is 0.296 e. The van der Waals surface area contributed by atoms with Crippen molar-refractivity contribution in [3.63, 3.8) is 0 Å². The van der Waals surface area contributed by atoms with Gasteiger partial charge in [0.25, 0.3) is 5.91 Å². The molecule has 3 heterocycles. The van der Waals surface area contributed by atoms with Crippen molar-refractivity contribution in [3.05, 3.63) is 87.2 Å². The van der Waals surface area contributed by atoms with E-state index in [0.717, 1.165) is 6.07 Å². The zero-order chi connectivity index (χ0) is 24.9. The van der Waals surface area contributed by atoms with E-state index in [2.05, 4.69) is 4.98 Å². The van der Waals surface area contributed by atoms with Crippen LogP contribution in [-0.2, 0) is 0 Å². The predicted molar refractivity (Wildman–Crippen MR) is 126 cm³/mol. The number of anilines is 1. The van der Waals surface area contributed by atoms with E-state index >= 15 is 0 Å². The first kappa shape index (κ1) is 22.4. The number of carbonyl (C=O) groups excluding carboxylic acids is 1. The van der Waals surface area contributed by atoms with E-state index in [1.54, 1.807) is 37.3 Å². The Morgan fingerprint density at radius 3 is 2.31 bits per heavy atom. The summed E-state index contributed by atoms with van der Waals surface area (Å²) < 4.78 is 36.3. The summed E-state index contributed by atoms with van der Waals surface area (Å²) in [5, 5.41) is 0.0352. The van der Waals surface area contributed by atoms with Crippen LogP contribution in [0.3, 0.4) is 0 Å². The number of carbonyl (C=O) groups is 1. The fourth-order valence-corrected chi connectivity index (χ4v) is 4.42. The van der Waals surface area contributed by atoms with Gasteiger partial charge in [-0.2, -0.15) is 0 Å². The maximum atomic E-state index is 14.0. The summed E-state index contributed by atoms with van der Waals surface area (Å²) in [4.78, 5) is 33.2. The average Bonchev–Trinajstić information content (AvgIpc) is 3.16. The first-order valence-corrected chi connectivity index (χ1v) is 10.7. The standard InChI is InChI=1S/C26H21FN2O6/c1-13-6-5-7-20(28-13)29-22(14-10-18(32-2)24(34-4)19(11-14)33-3)21-23(30)16-12-15(27)8-9-17(16)35-25(21)26(29)31/h5-12,22H,1-4H3/t22-/m1/s1. The molecule has 0 fully saturated rings. The van der Waals surface area contributed by atoms with Crippen LogP contribution in [0.4, 0.5) is 10.2 Å². The van der Waals surface area contributed by atoms with Crippen molar-refractivity contribution >= 4 is 22.7 Å². The van der Waals surface area contributed by atoms with Crippen LogP contribution in [0.15, 0.2) is 57.7 Å². The molecule has 0 saturated heterocycles. The summed E-state index contributed by atoms with van der Waals surface area (Å²) in [6, 6.07) is 11.2. The van der Waals surface area contributed by atoms with Gasteiger partial charge in [-0.15, -0.1) is 0 Å².